The zero-order valence-corrected chi connectivity index (χ0v) is 15.5. The summed E-state index contributed by atoms with van der Waals surface area (Å²) in [5.74, 6) is -0.538. The summed E-state index contributed by atoms with van der Waals surface area (Å²) in [7, 11) is 0. The van der Waals surface area contributed by atoms with Gasteiger partial charge in [0.05, 0.1) is 6.61 Å². The number of fused-ring (bicyclic) bond motifs is 2. The average molecular weight is 362 g/mol. The number of aromatic amines is 1. The summed E-state index contributed by atoms with van der Waals surface area (Å²) in [5.41, 5.74) is 4.69. The SMILES string of the molecule is CCOC(=O)C1Cc2ccccc2CN1C(=O)c1cc2ccc(C)cc2[nH]1. The summed E-state index contributed by atoms with van der Waals surface area (Å²) in [5, 5.41) is 0.981. The fraction of sp³-hybridized carbons (Fsp3) is 0.273. The van der Waals surface area contributed by atoms with Crippen molar-refractivity contribution in [3.8, 4) is 0 Å². The Labute approximate surface area is 157 Å². The van der Waals surface area contributed by atoms with Gasteiger partial charge >= 0.3 is 5.97 Å². The van der Waals surface area contributed by atoms with Crippen molar-refractivity contribution in [1.82, 2.24) is 9.88 Å². The molecule has 4 rings (SSSR count). The summed E-state index contributed by atoms with van der Waals surface area (Å²) in [6, 6.07) is 15.2. The van der Waals surface area contributed by atoms with Gasteiger partial charge in [-0.2, -0.15) is 0 Å². The van der Waals surface area contributed by atoms with Crippen molar-refractivity contribution in [3.63, 3.8) is 0 Å². The Kier molecular flexibility index (Phi) is 4.44. The van der Waals surface area contributed by atoms with E-state index in [4.69, 9.17) is 4.74 Å². The molecule has 138 valence electrons. The van der Waals surface area contributed by atoms with Gasteiger partial charge in [0.25, 0.3) is 5.91 Å². The molecule has 0 bridgehead atoms. The standard InChI is InChI=1S/C22H22N2O3/c1-3-27-22(26)20-12-15-6-4-5-7-17(15)13-24(20)21(25)19-11-16-9-8-14(2)10-18(16)23-19/h4-11,20,23H,3,12-13H2,1-2H3. The molecule has 0 spiro atoms. The molecule has 1 unspecified atom stereocenters. The van der Waals surface area contributed by atoms with Crippen LogP contribution in [0.25, 0.3) is 10.9 Å². The lowest BCUT2D eigenvalue weighted by Gasteiger charge is -2.35. The number of nitrogens with zero attached hydrogens (tertiary/aromatic N) is 1. The van der Waals surface area contributed by atoms with Crippen LogP contribution in [-0.2, 0) is 22.5 Å². The molecular formula is C22H22N2O3. The molecule has 3 aromatic rings. The highest BCUT2D eigenvalue weighted by molar-refractivity contribution is 6.00. The first-order valence-electron chi connectivity index (χ1n) is 9.20. The molecule has 0 saturated carbocycles. The molecule has 2 aromatic carbocycles. The second-order valence-electron chi connectivity index (χ2n) is 6.95. The number of carbonyl (C=O) groups is 2. The van der Waals surface area contributed by atoms with Crippen LogP contribution in [0.15, 0.2) is 48.5 Å². The Bertz CT molecular complexity index is 1020. The van der Waals surface area contributed by atoms with Gasteiger partial charge in [-0.1, -0.05) is 36.4 Å². The van der Waals surface area contributed by atoms with Crippen molar-refractivity contribution in [3.05, 3.63) is 70.9 Å². The lowest BCUT2D eigenvalue weighted by molar-refractivity contribution is -0.149. The first-order chi connectivity index (χ1) is 13.1. The van der Waals surface area contributed by atoms with Crippen LogP contribution in [0, 0.1) is 6.92 Å². The molecule has 1 N–H and O–H groups in total. The smallest absolute Gasteiger partial charge is 0.329 e. The van der Waals surface area contributed by atoms with Gasteiger partial charge in [-0.25, -0.2) is 4.79 Å². The molecule has 1 amide bonds. The van der Waals surface area contributed by atoms with Gasteiger partial charge in [-0.15, -0.1) is 0 Å². The van der Waals surface area contributed by atoms with Crippen LogP contribution >= 0.6 is 0 Å². The summed E-state index contributed by atoms with van der Waals surface area (Å²) in [4.78, 5) is 30.6. The number of rotatable bonds is 3. The van der Waals surface area contributed by atoms with Crippen molar-refractivity contribution < 1.29 is 14.3 Å². The number of carbonyl (C=O) groups excluding carboxylic acids is 2. The molecule has 0 saturated heterocycles. The first kappa shape index (κ1) is 17.3. The minimum absolute atomic E-state index is 0.184. The molecule has 0 radical (unpaired) electrons. The Balaban J connectivity index is 1.71. The minimum Gasteiger partial charge on any atom is -0.464 e. The number of benzene rings is 2. The summed E-state index contributed by atoms with van der Waals surface area (Å²) in [6.45, 7) is 4.48. The highest BCUT2D eigenvalue weighted by atomic mass is 16.5. The maximum Gasteiger partial charge on any atom is 0.329 e. The molecule has 0 fully saturated rings. The van der Waals surface area contributed by atoms with Crippen molar-refractivity contribution >= 4 is 22.8 Å². The lowest BCUT2D eigenvalue weighted by atomic mass is 9.93. The summed E-state index contributed by atoms with van der Waals surface area (Å²) in [6.07, 6.45) is 0.472. The quantitative estimate of drug-likeness (QED) is 0.724. The predicted molar refractivity (Wildman–Crippen MR) is 103 cm³/mol. The van der Waals surface area contributed by atoms with E-state index >= 15 is 0 Å². The van der Waals surface area contributed by atoms with Crippen LogP contribution in [0.4, 0.5) is 0 Å². The lowest BCUT2D eigenvalue weighted by Crippen LogP contribution is -2.49. The largest absolute Gasteiger partial charge is 0.464 e. The van der Waals surface area contributed by atoms with E-state index in [1.165, 1.54) is 0 Å². The maximum atomic E-state index is 13.3. The molecular weight excluding hydrogens is 340 g/mol. The van der Waals surface area contributed by atoms with Crippen LogP contribution in [0.1, 0.15) is 34.1 Å². The summed E-state index contributed by atoms with van der Waals surface area (Å²) >= 11 is 0. The van der Waals surface area contributed by atoms with Crippen molar-refractivity contribution in [2.45, 2.75) is 32.9 Å². The molecule has 1 aliphatic heterocycles. The van der Waals surface area contributed by atoms with E-state index in [9.17, 15) is 9.59 Å². The van der Waals surface area contributed by atoms with Gasteiger partial charge in [0.15, 0.2) is 0 Å². The van der Waals surface area contributed by atoms with Crippen LogP contribution in [-0.4, -0.2) is 34.4 Å². The van der Waals surface area contributed by atoms with Crippen LogP contribution < -0.4 is 0 Å². The number of amides is 1. The highest BCUT2D eigenvalue weighted by Gasteiger charge is 2.36. The number of nitrogens with one attached hydrogen (secondary N) is 1. The van der Waals surface area contributed by atoms with E-state index in [2.05, 4.69) is 4.98 Å². The third-order valence-corrected chi connectivity index (χ3v) is 5.08. The second-order valence-corrected chi connectivity index (χ2v) is 6.95. The van der Waals surface area contributed by atoms with Crippen molar-refractivity contribution in [2.75, 3.05) is 6.61 Å². The Hall–Kier alpha value is -3.08. The highest BCUT2D eigenvalue weighted by Crippen LogP contribution is 2.27. The Morgan fingerprint density at radius 1 is 1.15 bits per heavy atom. The van der Waals surface area contributed by atoms with Crippen molar-refractivity contribution in [2.24, 2.45) is 0 Å². The van der Waals surface area contributed by atoms with E-state index < -0.39 is 6.04 Å². The van der Waals surface area contributed by atoms with Gasteiger partial charge in [0.2, 0.25) is 0 Å². The van der Waals surface area contributed by atoms with Gasteiger partial charge in [-0.3, -0.25) is 4.79 Å². The van der Waals surface area contributed by atoms with E-state index in [-0.39, 0.29) is 11.9 Å². The number of aryl methyl sites for hydroxylation is 1. The van der Waals surface area contributed by atoms with E-state index in [1.54, 1.807) is 11.8 Å². The van der Waals surface area contributed by atoms with E-state index in [1.807, 2.05) is 55.5 Å². The number of hydrogen-bond donors (Lipinski definition) is 1. The minimum atomic E-state index is -0.611. The predicted octanol–water partition coefficient (Wildman–Crippen LogP) is 3.61. The topological polar surface area (TPSA) is 62.4 Å². The van der Waals surface area contributed by atoms with Crippen LogP contribution in [0.5, 0.6) is 0 Å². The van der Waals surface area contributed by atoms with Gasteiger partial charge in [0, 0.05) is 23.9 Å². The van der Waals surface area contributed by atoms with Gasteiger partial charge in [-0.05, 0) is 42.7 Å². The third-order valence-electron chi connectivity index (χ3n) is 5.08. The van der Waals surface area contributed by atoms with Crippen LogP contribution in [0.2, 0.25) is 0 Å². The van der Waals surface area contributed by atoms with Gasteiger partial charge < -0.3 is 14.6 Å². The van der Waals surface area contributed by atoms with Crippen LogP contribution in [0.3, 0.4) is 0 Å². The first-order valence-corrected chi connectivity index (χ1v) is 9.20. The van der Waals surface area contributed by atoms with Crippen molar-refractivity contribution in [1.29, 1.82) is 0 Å². The molecule has 1 aliphatic rings. The molecule has 1 aromatic heterocycles. The number of ether oxygens (including phenoxy) is 1. The fourth-order valence-electron chi connectivity index (χ4n) is 3.70. The van der Waals surface area contributed by atoms with Gasteiger partial charge in [0.1, 0.15) is 11.7 Å². The molecule has 5 nitrogen and oxygen atoms in total. The third kappa shape index (κ3) is 3.21. The Morgan fingerprint density at radius 2 is 1.93 bits per heavy atom. The fourth-order valence-corrected chi connectivity index (χ4v) is 3.70. The molecule has 27 heavy (non-hydrogen) atoms. The maximum absolute atomic E-state index is 13.3. The number of H-pyrrole nitrogens is 1. The van der Waals surface area contributed by atoms with E-state index in [0.717, 1.165) is 27.6 Å². The second kappa shape index (κ2) is 6.91. The normalized spacial score (nSPS) is 16.2. The number of aromatic nitrogens is 1. The molecule has 5 heteroatoms. The monoisotopic (exact) mass is 362 g/mol. The summed E-state index contributed by atoms with van der Waals surface area (Å²) < 4.78 is 5.24. The van der Waals surface area contributed by atoms with E-state index in [0.29, 0.717) is 25.3 Å². The zero-order chi connectivity index (χ0) is 19.0. The average Bonchev–Trinajstić information content (AvgIpc) is 3.09. The Morgan fingerprint density at radius 3 is 2.70 bits per heavy atom. The molecule has 0 aliphatic carbocycles. The zero-order valence-electron chi connectivity index (χ0n) is 15.5. The number of hydrogen-bond acceptors (Lipinski definition) is 3. The number of esters is 1. The molecule has 2 heterocycles. The molecule has 1 atom stereocenters.